The van der Waals surface area contributed by atoms with E-state index in [1.807, 2.05) is 0 Å². The minimum absolute atomic E-state index is 0.201. The molecule has 2 nitrogen and oxygen atoms in total. The second kappa shape index (κ2) is 4.79. The van der Waals surface area contributed by atoms with Crippen LogP contribution in [0.4, 0.5) is 0 Å². The lowest BCUT2D eigenvalue weighted by Gasteiger charge is -2.33. The van der Waals surface area contributed by atoms with E-state index in [0.717, 1.165) is 13.1 Å². The second-order valence-corrected chi connectivity index (χ2v) is 6.04. The van der Waals surface area contributed by atoms with Crippen LogP contribution in [0.15, 0.2) is 24.3 Å². The quantitative estimate of drug-likeness (QED) is 0.864. The molecule has 0 spiro atoms. The number of aryl methyl sites for hydroxylation is 1. The summed E-state index contributed by atoms with van der Waals surface area (Å²) in [5, 5.41) is 0. The molecule has 94 valence electrons. The van der Waals surface area contributed by atoms with E-state index in [1.165, 1.54) is 24.0 Å². The molecule has 2 rings (SSSR count). The lowest BCUT2D eigenvalue weighted by molar-refractivity contribution is 0.164. The van der Waals surface area contributed by atoms with Gasteiger partial charge in [0.2, 0.25) is 0 Å². The van der Waals surface area contributed by atoms with E-state index in [9.17, 15) is 0 Å². The molecule has 2 N–H and O–H groups in total. The zero-order valence-corrected chi connectivity index (χ0v) is 11.2. The first-order chi connectivity index (χ1) is 8.03. The van der Waals surface area contributed by atoms with Gasteiger partial charge >= 0.3 is 0 Å². The zero-order chi connectivity index (χ0) is 12.5. The van der Waals surface area contributed by atoms with E-state index in [0.29, 0.717) is 6.04 Å². The van der Waals surface area contributed by atoms with Crippen LogP contribution in [0.3, 0.4) is 0 Å². The van der Waals surface area contributed by atoms with Crippen molar-refractivity contribution in [3.05, 3.63) is 35.4 Å². The smallest absolute Gasteiger partial charge is 0.0351 e. The summed E-state index contributed by atoms with van der Waals surface area (Å²) in [6, 6.07) is 9.41. The van der Waals surface area contributed by atoms with Crippen molar-refractivity contribution in [2.75, 3.05) is 20.1 Å². The number of hydrogen-bond donors (Lipinski definition) is 1. The van der Waals surface area contributed by atoms with Crippen LogP contribution in [-0.2, 0) is 6.42 Å². The summed E-state index contributed by atoms with van der Waals surface area (Å²) < 4.78 is 0. The fraction of sp³-hybridized carbons (Fsp3) is 0.600. The van der Waals surface area contributed by atoms with E-state index in [2.05, 4.69) is 50.1 Å². The van der Waals surface area contributed by atoms with Crippen LogP contribution >= 0.6 is 0 Å². The van der Waals surface area contributed by atoms with Gasteiger partial charge in [-0.3, -0.25) is 4.90 Å². The van der Waals surface area contributed by atoms with Gasteiger partial charge in [0.05, 0.1) is 0 Å². The Morgan fingerprint density at radius 1 is 1.35 bits per heavy atom. The van der Waals surface area contributed by atoms with Crippen LogP contribution in [0.1, 0.15) is 37.4 Å². The van der Waals surface area contributed by atoms with Crippen molar-refractivity contribution in [3.63, 3.8) is 0 Å². The molecule has 2 heteroatoms. The van der Waals surface area contributed by atoms with Gasteiger partial charge in [0.1, 0.15) is 0 Å². The topological polar surface area (TPSA) is 29.3 Å². The minimum Gasteiger partial charge on any atom is -0.330 e. The van der Waals surface area contributed by atoms with Crippen molar-refractivity contribution in [1.82, 2.24) is 4.90 Å². The van der Waals surface area contributed by atoms with Crippen LogP contribution in [0.5, 0.6) is 0 Å². The first kappa shape index (κ1) is 12.6. The molecule has 0 aromatic heterocycles. The summed E-state index contributed by atoms with van der Waals surface area (Å²) in [4.78, 5) is 2.47. The van der Waals surface area contributed by atoms with Crippen LogP contribution in [-0.4, -0.2) is 25.0 Å². The fourth-order valence-electron chi connectivity index (χ4n) is 2.84. The Labute approximate surface area is 105 Å². The van der Waals surface area contributed by atoms with E-state index in [1.54, 1.807) is 0 Å². The number of rotatable bonds is 4. The number of hydrogen-bond acceptors (Lipinski definition) is 2. The van der Waals surface area contributed by atoms with Gasteiger partial charge in [-0.2, -0.15) is 0 Å². The number of nitrogens with zero attached hydrogens (tertiary/aromatic N) is 1. The maximum atomic E-state index is 5.82. The summed E-state index contributed by atoms with van der Waals surface area (Å²) >= 11 is 0. The fourth-order valence-corrected chi connectivity index (χ4v) is 2.84. The summed E-state index contributed by atoms with van der Waals surface area (Å²) in [7, 11) is 2.23. The van der Waals surface area contributed by atoms with Crippen molar-refractivity contribution >= 4 is 0 Å². The van der Waals surface area contributed by atoms with E-state index in [-0.39, 0.29) is 5.41 Å². The average molecular weight is 232 g/mol. The van der Waals surface area contributed by atoms with Crippen molar-refractivity contribution in [2.24, 2.45) is 11.1 Å². The largest absolute Gasteiger partial charge is 0.330 e. The highest BCUT2D eigenvalue weighted by atomic mass is 15.1. The first-order valence-electron chi connectivity index (χ1n) is 6.51. The van der Waals surface area contributed by atoms with Gasteiger partial charge in [-0.05, 0) is 43.0 Å². The Kier molecular flexibility index (Phi) is 3.55. The lowest BCUT2D eigenvalue weighted by atomic mass is 9.92. The molecule has 0 radical (unpaired) electrons. The summed E-state index contributed by atoms with van der Waals surface area (Å²) in [6.45, 7) is 6.28. The van der Waals surface area contributed by atoms with Crippen LogP contribution in [0.25, 0.3) is 0 Å². The lowest BCUT2D eigenvalue weighted by Crippen LogP contribution is -2.38. The molecule has 0 bridgehead atoms. The highest BCUT2D eigenvalue weighted by molar-refractivity contribution is 5.34. The van der Waals surface area contributed by atoms with Crippen molar-refractivity contribution in [3.8, 4) is 0 Å². The van der Waals surface area contributed by atoms with Gasteiger partial charge in [-0.15, -0.1) is 0 Å². The van der Waals surface area contributed by atoms with Crippen LogP contribution in [0.2, 0.25) is 0 Å². The number of benzene rings is 1. The molecule has 1 unspecified atom stereocenters. The Hall–Kier alpha value is -0.860. The van der Waals surface area contributed by atoms with E-state index in [4.69, 9.17) is 5.73 Å². The van der Waals surface area contributed by atoms with E-state index >= 15 is 0 Å². The van der Waals surface area contributed by atoms with Crippen molar-refractivity contribution < 1.29 is 0 Å². The predicted molar refractivity (Wildman–Crippen MR) is 73.0 cm³/mol. The SMILES string of the molecule is CN(CC(C)(C)CN)C1CCc2ccccc21. The van der Waals surface area contributed by atoms with Gasteiger partial charge in [0, 0.05) is 12.6 Å². The maximum absolute atomic E-state index is 5.82. The Bertz CT molecular complexity index is 384. The monoisotopic (exact) mass is 232 g/mol. The summed E-state index contributed by atoms with van der Waals surface area (Å²) in [5.41, 5.74) is 9.06. The molecule has 0 fully saturated rings. The molecule has 1 aromatic rings. The van der Waals surface area contributed by atoms with Crippen LogP contribution < -0.4 is 5.73 Å². The van der Waals surface area contributed by atoms with Crippen LogP contribution in [0, 0.1) is 5.41 Å². The maximum Gasteiger partial charge on any atom is 0.0351 e. The average Bonchev–Trinajstić information content (AvgIpc) is 2.72. The van der Waals surface area contributed by atoms with Gasteiger partial charge in [0.25, 0.3) is 0 Å². The predicted octanol–water partition coefficient (Wildman–Crippen LogP) is 2.59. The van der Waals surface area contributed by atoms with Gasteiger partial charge in [0.15, 0.2) is 0 Å². The molecule has 1 aliphatic carbocycles. The Morgan fingerprint density at radius 2 is 2.06 bits per heavy atom. The number of fused-ring (bicyclic) bond motifs is 1. The van der Waals surface area contributed by atoms with Gasteiger partial charge < -0.3 is 5.73 Å². The highest BCUT2D eigenvalue weighted by Gasteiger charge is 2.28. The Morgan fingerprint density at radius 3 is 2.76 bits per heavy atom. The summed E-state index contributed by atoms with van der Waals surface area (Å²) in [6.07, 6.45) is 2.46. The minimum atomic E-state index is 0.201. The third-order valence-electron chi connectivity index (χ3n) is 3.86. The molecule has 0 amide bonds. The standard InChI is InChI=1S/C15H24N2/c1-15(2,10-16)11-17(3)14-9-8-12-6-4-5-7-13(12)14/h4-7,14H,8-11,16H2,1-3H3. The molecular weight excluding hydrogens is 208 g/mol. The third kappa shape index (κ3) is 2.70. The van der Waals surface area contributed by atoms with Gasteiger partial charge in [-0.25, -0.2) is 0 Å². The van der Waals surface area contributed by atoms with Crippen molar-refractivity contribution in [2.45, 2.75) is 32.7 Å². The van der Waals surface area contributed by atoms with Gasteiger partial charge in [-0.1, -0.05) is 38.1 Å². The first-order valence-corrected chi connectivity index (χ1v) is 6.51. The third-order valence-corrected chi connectivity index (χ3v) is 3.86. The second-order valence-electron chi connectivity index (χ2n) is 6.04. The molecule has 1 atom stereocenters. The molecule has 1 aliphatic rings. The van der Waals surface area contributed by atoms with Crippen molar-refractivity contribution in [1.29, 1.82) is 0 Å². The van der Waals surface area contributed by atoms with E-state index < -0.39 is 0 Å². The zero-order valence-electron chi connectivity index (χ0n) is 11.2. The molecule has 0 heterocycles. The number of nitrogens with two attached hydrogens (primary N) is 1. The summed E-state index contributed by atoms with van der Waals surface area (Å²) in [5.74, 6) is 0. The molecule has 0 saturated heterocycles. The Balaban J connectivity index is 2.10. The highest BCUT2D eigenvalue weighted by Crippen LogP contribution is 2.35. The molecule has 0 saturated carbocycles. The molecule has 1 aromatic carbocycles. The molecule has 0 aliphatic heterocycles. The normalized spacial score (nSPS) is 19.7. The molecular formula is C15H24N2. The molecule has 17 heavy (non-hydrogen) atoms.